The lowest BCUT2D eigenvalue weighted by Crippen LogP contribution is -2.12. The lowest BCUT2D eigenvalue weighted by Gasteiger charge is -2.17. The maximum atomic E-state index is 14.9. The lowest BCUT2D eigenvalue weighted by molar-refractivity contribution is 0.0796. The molecule has 1 aliphatic carbocycles. The summed E-state index contributed by atoms with van der Waals surface area (Å²) in [4.78, 5) is 8.21. The fourth-order valence-electron chi connectivity index (χ4n) is 2.79. The first kappa shape index (κ1) is 16.3. The second-order valence-electron chi connectivity index (χ2n) is 5.79. The Hall–Kier alpha value is -1.58. The van der Waals surface area contributed by atoms with Gasteiger partial charge in [-0.15, -0.1) is 0 Å². The normalized spacial score (nSPS) is 18.7. The van der Waals surface area contributed by atoms with E-state index < -0.39 is 11.3 Å². The van der Waals surface area contributed by atoms with Crippen LogP contribution in [-0.2, 0) is 10.1 Å². The minimum Gasteiger partial charge on any atom is -0.492 e. The van der Waals surface area contributed by atoms with E-state index in [2.05, 4.69) is 19.2 Å². The van der Waals surface area contributed by atoms with Gasteiger partial charge in [0.05, 0.1) is 23.7 Å². The van der Waals surface area contributed by atoms with Crippen molar-refractivity contribution in [2.75, 3.05) is 6.61 Å². The summed E-state index contributed by atoms with van der Waals surface area (Å²) < 4.78 is 20.5. The molecular formula is C17H20FN2O2P. The van der Waals surface area contributed by atoms with Crippen molar-refractivity contribution in [3.63, 3.8) is 0 Å². The van der Waals surface area contributed by atoms with Crippen LogP contribution in [0.3, 0.4) is 0 Å². The number of aromatic nitrogens is 2. The van der Waals surface area contributed by atoms with Gasteiger partial charge in [0.1, 0.15) is 5.69 Å². The molecule has 0 radical (unpaired) electrons. The zero-order chi connectivity index (χ0) is 16.3. The van der Waals surface area contributed by atoms with Crippen LogP contribution in [0.25, 0.3) is 11.0 Å². The Morgan fingerprint density at radius 3 is 2.61 bits per heavy atom. The molecule has 0 bridgehead atoms. The van der Waals surface area contributed by atoms with Crippen molar-refractivity contribution >= 4 is 20.3 Å². The average molecular weight is 334 g/mol. The summed E-state index contributed by atoms with van der Waals surface area (Å²) in [6.07, 6.45) is 7.80. The van der Waals surface area contributed by atoms with Crippen LogP contribution in [0.2, 0.25) is 0 Å². The van der Waals surface area contributed by atoms with Crippen molar-refractivity contribution in [2.24, 2.45) is 0 Å². The van der Waals surface area contributed by atoms with Gasteiger partial charge in [-0.2, -0.15) is 0 Å². The Balaban J connectivity index is 1.74. The van der Waals surface area contributed by atoms with Gasteiger partial charge in [0.25, 0.3) is 0 Å². The quantitative estimate of drug-likeness (QED) is 0.667. The van der Waals surface area contributed by atoms with Gasteiger partial charge in [0.15, 0.2) is 5.41 Å². The van der Waals surface area contributed by atoms with E-state index in [1.807, 2.05) is 0 Å². The minimum absolute atomic E-state index is 0.113. The number of para-hydroxylation sites is 2. The number of hydrogen-bond acceptors (Lipinski definition) is 4. The Bertz CT molecular complexity index is 715. The molecule has 1 N–H and O–H groups in total. The van der Waals surface area contributed by atoms with Crippen molar-refractivity contribution in [1.82, 2.24) is 9.97 Å². The summed E-state index contributed by atoms with van der Waals surface area (Å²) in [6, 6.07) is 7.05. The van der Waals surface area contributed by atoms with E-state index in [1.54, 1.807) is 30.3 Å². The highest BCUT2D eigenvalue weighted by Gasteiger charge is 2.29. The van der Waals surface area contributed by atoms with Crippen molar-refractivity contribution in [3.05, 3.63) is 42.1 Å². The van der Waals surface area contributed by atoms with Crippen LogP contribution in [0.4, 0.5) is 4.39 Å². The molecule has 122 valence electrons. The first-order valence-corrected chi connectivity index (χ1v) is 8.37. The molecular weight excluding hydrogens is 314 g/mol. The maximum absolute atomic E-state index is 14.9. The van der Waals surface area contributed by atoms with E-state index >= 15 is 0 Å². The van der Waals surface area contributed by atoms with Gasteiger partial charge in [-0.1, -0.05) is 40.3 Å². The maximum Gasteiger partial charge on any atom is 0.237 e. The smallest absolute Gasteiger partial charge is 0.237 e. The van der Waals surface area contributed by atoms with E-state index in [9.17, 15) is 9.50 Å². The number of benzene rings is 1. The molecule has 23 heavy (non-hydrogen) atoms. The molecule has 0 amide bonds. The molecule has 0 aliphatic heterocycles. The van der Waals surface area contributed by atoms with Crippen LogP contribution >= 0.6 is 9.24 Å². The molecule has 1 aromatic carbocycles. The standard InChI is InChI=1S/C17H20FN2O2P/c18-17(23,10-5-11-22-12-6-1-2-7-12)15-16(21)20-14-9-4-3-8-13(14)19-15/h3-5,8-10,12H,1-2,6-7,11,23H2,(H,20,21)/b10-5+. The van der Waals surface area contributed by atoms with Gasteiger partial charge < -0.3 is 9.84 Å². The number of nitrogens with zero attached hydrogens (tertiary/aromatic N) is 2. The van der Waals surface area contributed by atoms with Crippen LogP contribution in [0.1, 0.15) is 31.4 Å². The molecule has 2 aromatic rings. The Labute approximate surface area is 137 Å². The number of ether oxygens (including phenoxy) is 1. The van der Waals surface area contributed by atoms with Gasteiger partial charge in [0.2, 0.25) is 5.88 Å². The zero-order valence-electron chi connectivity index (χ0n) is 12.8. The molecule has 0 saturated heterocycles. The number of halogens is 1. The molecule has 1 aliphatic rings. The summed E-state index contributed by atoms with van der Waals surface area (Å²) in [5.74, 6) is -0.400. The van der Waals surface area contributed by atoms with Crippen molar-refractivity contribution in [2.45, 2.75) is 37.2 Å². The largest absolute Gasteiger partial charge is 0.492 e. The monoisotopic (exact) mass is 334 g/mol. The number of rotatable bonds is 5. The second kappa shape index (κ2) is 6.90. The van der Waals surface area contributed by atoms with E-state index in [1.165, 1.54) is 18.9 Å². The van der Waals surface area contributed by atoms with Crippen molar-refractivity contribution in [1.29, 1.82) is 0 Å². The third-order valence-corrected chi connectivity index (χ3v) is 4.47. The van der Waals surface area contributed by atoms with E-state index in [0.29, 0.717) is 17.6 Å². The molecule has 4 nitrogen and oxygen atoms in total. The minimum atomic E-state index is -1.99. The topological polar surface area (TPSA) is 55.2 Å². The van der Waals surface area contributed by atoms with Gasteiger partial charge in [-0.25, -0.2) is 14.4 Å². The highest BCUT2D eigenvalue weighted by atomic mass is 31.0. The third-order valence-electron chi connectivity index (χ3n) is 4.01. The Morgan fingerprint density at radius 2 is 1.91 bits per heavy atom. The molecule has 1 aromatic heterocycles. The molecule has 3 rings (SSSR count). The predicted octanol–water partition coefficient (Wildman–Crippen LogP) is 3.85. The molecule has 1 heterocycles. The summed E-state index contributed by atoms with van der Waals surface area (Å²) in [5, 5.41) is 8.00. The molecule has 1 fully saturated rings. The summed E-state index contributed by atoms with van der Waals surface area (Å²) >= 11 is 0. The average Bonchev–Trinajstić information content (AvgIpc) is 3.04. The van der Waals surface area contributed by atoms with E-state index in [4.69, 9.17) is 4.74 Å². The fraction of sp³-hybridized carbons (Fsp3) is 0.412. The van der Waals surface area contributed by atoms with Crippen LogP contribution in [0.15, 0.2) is 36.4 Å². The lowest BCUT2D eigenvalue weighted by atomic mass is 10.2. The molecule has 2 unspecified atom stereocenters. The highest BCUT2D eigenvalue weighted by molar-refractivity contribution is 7.18. The molecule has 0 spiro atoms. The number of alkyl halides is 1. The number of allylic oxidation sites excluding steroid dienone is 1. The predicted molar refractivity (Wildman–Crippen MR) is 91.0 cm³/mol. The Kier molecular flexibility index (Phi) is 4.88. The Morgan fingerprint density at radius 1 is 1.26 bits per heavy atom. The van der Waals surface area contributed by atoms with Crippen LogP contribution in [0.5, 0.6) is 5.88 Å². The highest BCUT2D eigenvalue weighted by Crippen LogP contribution is 2.38. The van der Waals surface area contributed by atoms with Crippen molar-refractivity contribution < 1.29 is 14.2 Å². The second-order valence-corrected chi connectivity index (χ2v) is 6.63. The third kappa shape index (κ3) is 3.85. The van der Waals surface area contributed by atoms with Crippen LogP contribution in [-0.4, -0.2) is 27.8 Å². The number of fused-ring (bicyclic) bond motifs is 1. The first-order chi connectivity index (χ1) is 11.1. The van der Waals surface area contributed by atoms with Gasteiger partial charge in [-0.3, -0.25) is 0 Å². The summed E-state index contributed by atoms with van der Waals surface area (Å²) in [5.41, 5.74) is 0.960. The van der Waals surface area contributed by atoms with E-state index in [-0.39, 0.29) is 11.8 Å². The van der Waals surface area contributed by atoms with Gasteiger partial charge >= 0.3 is 0 Å². The van der Waals surface area contributed by atoms with Crippen LogP contribution in [0, 0.1) is 0 Å². The molecule has 6 heteroatoms. The number of hydrogen-bond donors (Lipinski definition) is 1. The van der Waals surface area contributed by atoms with Crippen LogP contribution < -0.4 is 0 Å². The molecule has 1 saturated carbocycles. The summed E-state index contributed by atoms with van der Waals surface area (Å²) in [6.45, 7) is 0.354. The number of aromatic hydroxyl groups is 1. The first-order valence-electron chi connectivity index (χ1n) is 7.79. The summed E-state index contributed by atoms with van der Waals surface area (Å²) in [7, 11) is 2.07. The van der Waals surface area contributed by atoms with Crippen molar-refractivity contribution in [3.8, 4) is 5.88 Å². The van der Waals surface area contributed by atoms with Gasteiger partial charge in [-0.05, 0) is 31.1 Å². The fourth-order valence-corrected chi connectivity index (χ4v) is 3.12. The molecule has 2 atom stereocenters. The zero-order valence-corrected chi connectivity index (χ0v) is 13.9. The van der Waals surface area contributed by atoms with E-state index in [0.717, 1.165) is 12.8 Å². The van der Waals surface area contributed by atoms with Gasteiger partial charge in [0, 0.05) is 0 Å². The SMILES string of the molecule is Oc1nc2ccccc2nc1C(F)(P)/C=C/COC1CCCC1.